The zero-order chi connectivity index (χ0) is 12.6. The molecule has 0 atom stereocenters. The molecule has 0 amide bonds. The SMILES string of the molecule is I.NC(=NCC1CCC1)NCCCSc1nccs1. The van der Waals surface area contributed by atoms with Crippen molar-refractivity contribution < 1.29 is 0 Å². The lowest BCUT2D eigenvalue weighted by Crippen LogP contribution is -2.33. The second-order valence-electron chi connectivity index (χ2n) is 4.45. The minimum absolute atomic E-state index is 0. The highest BCUT2D eigenvalue weighted by Gasteiger charge is 2.16. The van der Waals surface area contributed by atoms with E-state index in [1.165, 1.54) is 19.3 Å². The summed E-state index contributed by atoms with van der Waals surface area (Å²) in [6.07, 6.45) is 6.92. The van der Waals surface area contributed by atoms with E-state index in [-0.39, 0.29) is 24.0 Å². The van der Waals surface area contributed by atoms with Crippen molar-refractivity contribution in [1.82, 2.24) is 10.3 Å². The van der Waals surface area contributed by atoms with Crippen molar-refractivity contribution in [2.45, 2.75) is 30.0 Å². The zero-order valence-electron chi connectivity index (χ0n) is 10.9. The first-order chi connectivity index (χ1) is 8.84. The van der Waals surface area contributed by atoms with Gasteiger partial charge in [-0.15, -0.1) is 35.3 Å². The molecule has 0 aliphatic heterocycles. The summed E-state index contributed by atoms with van der Waals surface area (Å²) in [5.74, 6) is 2.45. The fourth-order valence-electron chi connectivity index (χ4n) is 1.69. The molecule has 1 fully saturated rings. The Morgan fingerprint density at radius 2 is 2.42 bits per heavy atom. The molecule has 1 saturated carbocycles. The predicted octanol–water partition coefficient (Wildman–Crippen LogP) is 2.95. The van der Waals surface area contributed by atoms with Gasteiger partial charge >= 0.3 is 0 Å². The van der Waals surface area contributed by atoms with Gasteiger partial charge in [-0.25, -0.2) is 4.98 Å². The Balaban J connectivity index is 0.00000180. The number of hydrogen-bond donors (Lipinski definition) is 2. The summed E-state index contributed by atoms with van der Waals surface area (Å²) in [5, 5.41) is 5.17. The maximum Gasteiger partial charge on any atom is 0.188 e. The molecule has 0 unspecified atom stereocenters. The van der Waals surface area contributed by atoms with E-state index in [4.69, 9.17) is 5.73 Å². The van der Waals surface area contributed by atoms with Gasteiger partial charge in [-0.1, -0.05) is 18.2 Å². The number of rotatable bonds is 7. The quantitative estimate of drug-likeness (QED) is 0.238. The molecule has 0 spiro atoms. The van der Waals surface area contributed by atoms with Crippen LogP contribution in [0.15, 0.2) is 20.9 Å². The second-order valence-corrected chi connectivity index (χ2v) is 6.69. The molecule has 0 aromatic carbocycles. The van der Waals surface area contributed by atoms with Gasteiger partial charge in [-0.3, -0.25) is 4.99 Å². The molecule has 1 aliphatic rings. The molecule has 2 rings (SSSR count). The van der Waals surface area contributed by atoms with Gasteiger partial charge in [0.25, 0.3) is 0 Å². The fraction of sp³-hybridized carbons (Fsp3) is 0.667. The first-order valence-electron chi connectivity index (χ1n) is 6.40. The van der Waals surface area contributed by atoms with Gasteiger partial charge in [0.15, 0.2) is 5.96 Å². The number of hydrogen-bond acceptors (Lipinski definition) is 4. The Kier molecular flexibility index (Phi) is 8.80. The summed E-state index contributed by atoms with van der Waals surface area (Å²) >= 11 is 3.49. The third-order valence-corrected chi connectivity index (χ3v) is 5.06. The molecular formula is C12H21IN4S2. The molecule has 1 aliphatic carbocycles. The Morgan fingerprint density at radius 1 is 1.58 bits per heavy atom. The summed E-state index contributed by atoms with van der Waals surface area (Å²) in [5.41, 5.74) is 5.80. The number of halogens is 1. The summed E-state index contributed by atoms with van der Waals surface area (Å²) < 4.78 is 1.14. The number of nitrogens with one attached hydrogen (secondary N) is 1. The van der Waals surface area contributed by atoms with Crippen molar-refractivity contribution in [2.75, 3.05) is 18.8 Å². The summed E-state index contributed by atoms with van der Waals surface area (Å²) in [6.45, 7) is 1.78. The van der Waals surface area contributed by atoms with Crippen LogP contribution in [0, 0.1) is 5.92 Å². The molecule has 1 heterocycles. The van der Waals surface area contributed by atoms with Crippen LogP contribution < -0.4 is 11.1 Å². The number of thiazole rings is 1. The van der Waals surface area contributed by atoms with Crippen LogP contribution in [0.2, 0.25) is 0 Å². The van der Waals surface area contributed by atoms with E-state index < -0.39 is 0 Å². The standard InChI is InChI=1S/C12H20N4S2.HI/c13-11(16-9-10-3-1-4-10)14-5-2-7-17-12-15-6-8-18-12;/h6,8,10H,1-5,7,9H2,(H3,13,14,16);1H. The largest absolute Gasteiger partial charge is 0.370 e. The van der Waals surface area contributed by atoms with E-state index in [2.05, 4.69) is 15.3 Å². The van der Waals surface area contributed by atoms with Gasteiger partial charge in [0.1, 0.15) is 4.34 Å². The number of guanidine groups is 1. The normalized spacial score (nSPS) is 15.7. The van der Waals surface area contributed by atoms with Gasteiger partial charge in [0.2, 0.25) is 0 Å². The number of nitrogens with two attached hydrogens (primary N) is 1. The highest BCUT2D eigenvalue weighted by Crippen LogP contribution is 2.26. The third kappa shape index (κ3) is 6.80. The van der Waals surface area contributed by atoms with Crippen molar-refractivity contribution in [3.05, 3.63) is 11.6 Å². The van der Waals surface area contributed by atoms with Crippen molar-refractivity contribution in [3.63, 3.8) is 0 Å². The van der Waals surface area contributed by atoms with Gasteiger partial charge in [0.05, 0.1) is 0 Å². The molecule has 0 bridgehead atoms. The molecule has 3 N–H and O–H groups in total. The predicted molar refractivity (Wildman–Crippen MR) is 94.7 cm³/mol. The minimum Gasteiger partial charge on any atom is -0.370 e. The molecule has 1 aromatic rings. The van der Waals surface area contributed by atoms with Crippen molar-refractivity contribution in [2.24, 2.45) is 16.6 Å². The lowest BCUT2D eigenvalue weighted by molar-refractivity contribution is 0.326. The van der Waals surface area contributed by atoms with Crippen LogP contribution >= 0.6 is 47.1 Å². The number of aromatic nitrogens is 1. The van der Waals surface area contributed by atoms with Crippen molar-refractivity contribution in [1.29, 1.82) is 0 Å². The fourth-order valence-corrected chi connectivity index (χ4v) is 3.34. The molecule has 7 heteroatoms. The van der Waals surface area contributed by atoms with Crippen molar-refractivity contribution >= 4 is 53.0 Å². The number of nitrogens with zero attached hydrogens (tertiary/aromatic N) is 2. The van der Waals surface area contributed by atoms with Gasteiger partial charge in [-0.05, 0) is 25.2 Å². The maximum atomic E-state index is 5.80. The van der Waals surface area contributed by atoms with Crippen LogP contribution in [0.5, 0.6) is 0 Å². The van der Waals surface area contributed by atoms with E-state index in [0.29, 0.717) is 5.96 Å². The zero-order valence-corrected chi connectivity index (χ0v) is 14.8. The topological polar surface area (TPSA) is 63.3 Å². The Bertz CT molecular complexity index is 366. The second kappa shape index (κ2) is 9.82. The average molecular weight is 412 g/mol. The Labute approximate surface area is 140 Å². The summed E-state index contributed by atoms with van der Waals surface area (Å²) in [6, 6.07) is 0. The summed E-state index contributed by atoms with van der Waals surface area (Å²) in [7, 11) is 0. The van der Waals surface area contributed by atoms with E-state index in [1.54, 1.807) is 23.1 Å². The maximum absolute atomic E-state index is 5.80. The van der Waals surface area contributed by atoms with E-state index in [0.717, 1.165) is 35.5 Å². The van der Waals surface area contributed by atoms with E-state index >= 15 is 0 Å². The first kappa shape index (κ1) is 17.0. The summed E-state index contributed by atoms with van der Waals surface area (Å²) in [4.78, 5) is 8.59. The lowest BCUT2D eigenvalue weighted by atomic mass is 9.86. The van der Waals surface area contributed by atoms with E-state index in [1.807, 2.05) is 11.6 Å². The highest BCUT2D eigenvalue weighted by molar-refractivity contribution is 14.0. The molecule has 19 heavy (non-hydrogen) atoms. The highest BCUT2D eigenvalue weighted by atomic mass is 127. The smallest absolute Gasteiger partial charge is 0.188 e. The van der Waals surface area contributed by atoms with Crippen LogP contribution in [-0.2, 0) is 0 Å². The Morgan fingerprint density at radius 3 is 3.05 bits per heavy atom. The third-order valence-electron chi connectivity index (χ3n) is 3.01. The minimum atomic E-state index is 0. The lowest BCUT2D eigenvalue weighted by Gasteiger charge is -2.23. The van der Waals surface area contributed by atoms with Crippen LogP contribution in [0.1, 0.15) is 25.7 Å². The molecule has 0 saturated heterocycles. The van der Waals surface area contributed by atoms with Crippen LogP contribution in [-0.4, -0.2) is 29.8 Å². The van der Waals surface area contributed by atoms with Crippen LogP contribution in [0.25, 0.3) is 0 Å². The molecule has 4 nitrogen and oxygen atoms in total. The number of aliphatic imine (C=N–C) groups is 1. The van der Waals surface area contributed by atoms with Gasteiger partial charge in [-0.2, -0.15) is 0 Å². The molecule has 1 aromatic heterocycles. The number of thioether (sulfide) groups is 1. The van der Waals surface area contributed by atoms with Crippen LogP contribution in [0.4, 0.5) is 0 Å². The average Bonchev–Trinajstić information content (AvgIpc) is 2.79. The van der Waals surface area contributed by atoms with Crippen LogP contribution in [0.3, 0.4) is 0 Å². The van der Waals surface area contributed by atoms with Crippen molar-refractivity contribution in [3.8, 4) is 0 Å². The molecular weight excluding hydrogens is 391 g/mol. The van der Waals surface area contributed by atoms with Gasteiger partial charge < -0.3 is 11.1 Å². The molecule has 0 radical (unpaired) electrons. The Hall–Kier alpha value is -0.0200. The van der Waals surface area contributed by atoms with Gasteiger partial charge in [0, 0.05) is 30.4 Å². The molecule has 108 valence electrons. The monoisotopic (exact) mass is 412 g/mol. The van der Waals surface area contributed by atoms with E-state index in [9.17, 15) is 0 Å². The first-order valence-corrected chi connectivity index (χ1v) is 8.27.